The molecule has 1 N–H and O–H groups in total. The predicted octanol–water partition coefficient (Wildman–Crippen LogP) is 4.15. The molecule has 0 saturated carbocycles. The van der Waals surface area contributed by atoms with Crippen molar-refractivity contribution in [2.45, 2.75) is 23.6 Å². The highest BCUT2D eigenvalue weighted by molar-refractivity contribution is 7.99. The minimum absolute atomic E-state index is 0.350. The molecule has 0 spiro atoms. The number of rotatable bonds is 3. The van der Waals surface area contributed by atoms with Gasteiger partial charge in [-0.25, -0.2) is 4.79 Å². The summed E-state index contributed by atoms with van der Waals surface area (Å²) in [5, 5.41) is 9.15. The van der Waals surface area contributed by atoms with Crippen LogP contribution in [-0.4, -0.2) is 11.1 Å². The Morgan fingerprint density at radius 2 is 1.78 bits per heavy atom. The third-order valence-corrected chi connectivity index (χ3v) is 3.92. The molecule has 0 aliphatic rings. The van der Waals surface area contributed by atoms with Crippen molar-refractivity contribution in [1.29, 1.82) is 0 Å². The van der Waals surface area contributed by atoms with Gasteiger partial charge in [0, 0.05) is 9.79 Å². The molecule has 0 fully saturated rings. The first-order valence-corrected chi connectivity index (χ1v) is 6.47. The molecule has 2 aromatic rings. The van der Waals surface area contributed by atoms with Gasteiger partial charge in [0.15, 0.2) is 0 Å². The Hall–Kier alpha value is -1.74. The Morgan fingerprint density at radius 3 is 2.50 bits per heavy atom. The van der Waals surface area contributed by atoms with Crippen LogP contribution in [0.5, 0.6) is 0 Å². The molecule has 0 aliphatic heterocycles. The lowest BCUT2D eigenvalue weighted by Crippen LogP contribution is -1.98. The van der Waals surface area contributed by atoms with Gasteiger partial charge in [-0.1, -0.05) is 36.0 Å². The van der Waals surface area contributed by atoms with Crippen LogP contribution >= 0.6 is 11.8 Å². The summed E-state index contributed by atoms with van der Waals surface area (Å²) < 4.78 is 0. The number of hydrogen-bond acceptors (Lipinski definition) is 2. The minimum Gasteiger partial charge on any atom is -0.478 e. The largest absolute Gasteiger partial charge is 0.478 e. The van der Waals surface area contributed by atoms with E-state index in [1.54, 1.807) is 12.1 Å². The van der Waals surface area contributed by atoms with E-state index < -0.39 is 5.97 Å². The van der Waals surface area contributed by atoms with Crippen molar-refractivity contribution < 1.29 is 9.90 Å². The van der Waals surface area contributed by atoms with Crippen molar-refractivity contribution in [2.75, 3.05) is 0 Å². The normalized spacial score (nSPS) is 10.3. The summed E-state index contributed by atoms with van der Waals surface area (Å²) in [7, 11) is 0. The summed E-state index contributed by atoms with van der Waals surface area (Å²) in [5.74, 6) is -0.886. The maximum atomic E-state index is 11.2. The van der Waals surface area contributed by atoms with Gasteiger partial charge in [-0.05, 0) is 43.2 Å². The fourth-order valence-corrected chi connectivity index (χ4v) is 2.79. The number of hydrogen-bond donors (Lipinski definition) is 1. The molecule has 0 unspecified atom stereocenters. The highest BCUT2D eigenvalue weighted by Crippen LogP contribution is 2.33. The van der Waals surface area contributed by atoms with Crippen molar-refractivity contribution >= 4 is 17.7 Å². The van der Waals surface area contributed by atoms with Crippen LogP contribution in [0.1, 0.15) is 21.5 Å². The van der Waals surface area contributed by atoms with Crippen molar-refractivity contribution in [3.8, 4) is 0 Å². The fraction of sp³-hybridized carbons (Fsp3) is 0.133. The molecule has 2 rings (SSSR count). The van der Waals surface area contributed by atoms with E-state index in [1.807, 2.05) is 26.0 Å². The molecule has 92 valence electrons. The second kappa shape index (κ2) is 5.27. The second-order valence-corrected chi connectivity index (χ2v) is 5.26. The van der Waals surface area contributed by atoms with E-state index in [0.717, 1.165) is 15.4 Å². The summed E-state index contributed by atoms with van der Waals surface area (Å²) >= 11 is 1.50. The molecule has 0 heterocycles. The molecule has 3 heteroatoms. The average Bonchev–Trinajstić information content (AvgIpc) is 2.34. The Kier molecular flexibility index (Phi) is 3.72. The molecule has 2 aromatic carbocycles. The van der Waals surface area contributed by atoms with Crippen molar-refractivity contribution in [3.05, 3.63) is 59.2 Å². The average molecular weight is 258 g/mol. The molecular formula is C15H14O2S. The molecule has 0 atom stereocenters. The lowest BCUT2D eigenvalue weighted by molar-refractivity contribution is 0.0693. The fourth-order valence-electron chi connectivity index (χ4n) is 1.67. The van der Waals surface area contributed by atoms with Crippen LogP contribution in [0.25, 0.3) is 0 Å². The van der Waals surface area contributed by atoms with Gasteiger partial charge in [0.2, 0.25) is 0 Å². The molecule has 0 aliphatic carbocycles. The molecule has 0 bridgehead atoms. The van der Waals surface area contributed by atoms with Gasteiger partial charge in [0.05, 0.1) is 5.56 Å². The third kappa shape index (κ3) is 2.74. The Bertz CT molecular complexity index is 591. The summed E-state index contributed by atoms with van der Waals surface area (Å²) in [4.78, 5) is 13.0. The highest BCUT2D eigenvalue weighted by atomic mass is 32.2. The third-order valence-electron chi connectivity index (χ3n) is 2.68. The standard InChI is InChI=1S/C15H14O2S/c1-10-7-8-11(2)14(9-10)18-13-6-4-3-5-12(13)15(16)17/h3-9H,1-2H3,(H,16,17). The number of carboxylic acids is 1. The maximum absolute atomic E-state index is 11.2. The molecule has 0 radical (unpaired) electrons. The minimum atomic E-state index is -0.886. The first-order chi connectivity index (χ1) is 8.58. The monoisotopic (exact) mass is 258 g/mol. The molecule has 18 heavy (non-hydrogen) atoms. The molecule has 0 saturated heterocycles. The quantitative estimate of drug-likeness (QED) is 0.898. The van der Waals surface area contributed by atoms with Crippen LogP contribution in [0.3, 0.4) is 0 Å². The number of carbonyl (C=O) groups is 1. The Labute approximate surface area is 111 Å². The molecule has 2 nitrogen and oxygen atoms in total. The molecular weight excluding hydrogens is 244 g/mol. The van der Waals surface area contributed by atoms with Crippen LogP contribution in [0.2, 0.25) is 0 Å². The number of carboxylic acid groups (broad SMARTS) is 1. The van der Waals surface area contributed by atoms with E-state index in [4.69, 9.17) is 5.11 Å². The van der Waals surface area contributed by atoms with E-state index in [1.165, 1.54) is 17.3 Å². The Balaban J connectivity index is 2.40. The Morgan fingerprint density at radius 1 is 1.06 bits per heavy atom. The first-order valence-electron chi connectivity index (χ1n) is 5.65. The topological polar surface area (TPSA) is 37.3 Å². The van der Waals surface area contributed by atoms with Gasteiger partial charge in [0.25, 0.3) is 0 Å². The van der Waals surface area contributed by atoms with Crippen LogP contribution in [0, 0.1) is 13.8 Å². The summed E-state index contributed by atoms with van der Waals surface area (Å²) in [6.07, 6.45) is 0. The highest BCUT2D eigenvalue weighted by Gasteiger charge is 2.11. The molecule has 0 amide bonds. The van der Waals surface area contributed by atoms with Gasteiger partial charge in [-0.2, -0.15) is 0 Å². The maximum Gasteiger partial charge on any atom is 0.336 e. The van der Waals surface area contributed by atoms with Crippen LogP contribution < -0.4 is 0 Å². The van der Waals surface area contributed by atoms with E-state index in [-0.39, 0.29) is 0 Å². The van der Waals surface area contributed by atoms with Crippen molar-refractivity contribution in [2.24, 2.45) is 0 Å². The zero-order valence-corrected chi connectivity index (χ0v) is 11.1. The van der Waals surface area contributed by atoms with Gasteiger partial charge in [-0.15, -0.1) is 0 Å². The number of aromatic carboxylic acids is 1. The van der Waals surface area contributed by atoms with Gasteiger partial charge in [-0.3, -0.25) is 0 Å². The number of benzene rings is 2. The second-order valence-electron chi connectivity index (χ2n) is 4.17. The van der Waals surface area contributed by atoms with Crippen LogP contribution in [0.15, 0.2) is 52.3 Å². The van der Waals surface area contributed by atoms with Crippen molar-refractivity contribution in [1.82, 2.24) is 0 Å². The number of aryl methyl sites for hydroxylation is 2. The van der Waals surface area contributed by atoms with Gasteiger partial charge in [0.1, 0.15) is 0 Å². The first kappa shape index (κ1) is 12.7. The summed E-state index contributed by atoms with van der Waals surface area (Å²) in [5.41, 5.74) is 2.69. The molecule has 0 aromatic heterocycles. The zero-order chi connectivity index (χ0) is 13.1. The SMILES string of the molecule is Cc1ccc(C)c(Sc2ccccc2C(=O)O)c1. The van der Waals surface area contributed by atoms with E-state index in [0.29, 0.717) is 5.56 Å². The van der Waals surface area contributed by atoms with Gasteiger partial charge < -0.3 is 5.11 Å². The van der Waals surface area contributed by atoms with E-state index in [9.17, 15) is 4.79 Å². The lowest BCUT2D eigenvalue weighted by Gasteiger charge is -2.08. The predicted molar refractivity (Wildman–Crippen MR) is 73.4 cm³/mol. The van der Waals surface area contributed by atoms with Crippen molar-refractivity contribution in [3.63, 3.8) is 0 Å². The smallest absolute Gasteiger partial charge is 0.336 e. The summed E-state index contributed by atoms with van der Waals surface area (Å²) in [6, 6.07) is 13.3. The van der Waals surface area contributed by atoms with Crippen LogP contribution in [0.4, 0.5) is 0 Å². The van der Waals surface area contributed by atoms with E-state index >= 15 is 0 Å². The van der Waals surface area contributed by atoms with Crippen LogP contribution in [-0.2, 0) is 0 Å². The van der Waals surface area contributed by atoms with Gasteiger partial charge >= 0.3 is 5.97 Å². The summed E-state index contributed by atoms with van der Waals surface area (Å²) in [6.45, 7) is 4.07. The van der Waals surface area contributed by atoms with E-state index in [2.05, 4.69) is 18.2 Å². The zero-order valence-electron chi connectivity index (χ0n) is 10.3. The lowest BCUT2D eigenvalue weighted by atomic mass is 10.2.